The van der Waals surface area contributed by atoms with E-state index in [1.54, 1.807) is 32.9 Å². The number of hydrogen-bond donors (Lipinski definition) is 1. The van der Waals surface area contributed by atoms with Crippen molar-refractivity contribution in [3.63, 3.8) is 0 Å². The maximum Gasteiger partial charge on any atom is 0.410 e. The normalized spacial score (nSPS) is 12.8. The monoisotopic (exact) mass is 373 g/mol. The molecule has 0 saturated heterocycles. The molecule has 0 bridgehead atoms. The molecule has 1 N–H and O–H groups in total. The van der Waals surface area contributed by atoms with Gasteiger partial charge in [-0.3, -0.25) is 10.1 Å². The quantitative estimate of drug-likeness (QED) is 0.461. The molecule has 1 unspecified atom stereocenters. The number of esters is 1. The van der Waals surface area contributed by atoms with Crippen LogP contribution in [0.3, 0.4) is 0 Å². The Labute approximate surface area is 147 Å². The molecule has 1 aromatic carbocycles. The van der Waals surface area contributed by atoms with E-state index in [-0.39, 0.29) is 12.2 Å². The van der Waals surface area contributed by atoms with Gasteiger partial charge in [0.05, 0.1) is 6.26 Å². The van der Waals surface area contributed by atoms with Crippen molar-refractivity contribution >= 4 is 22.2 Å². The molecule has 0 spiro atoms. The van der Waals surface area contributed by atoms with Crippen molar-refractivity contribution in [1.82, 2.24) is 5.32 Å². The Morgan fingerprint density at radius 3 is 2.16 bits per heavy atom. The number of rotatable bonds is 6. The second kappa shape index (κ2) is 8.19. The van der Waals surface area contributed by atoms with Gasteiger partial charge in [-0.2, -0.15) is 8.42 Å². The molecule has 0 heterocycles. The number of amides is 1. The number of alkyl carbamates (subject to hydrolysis) is 1. The molecule has 25 heavy (non-hydrogen) atoms. The van der Waals surface area contributed by atoms with E-state index in [0.717, 1.165) is 6.26 Å². The third-order valence-corrected chi connectivity index (χ3v) is 3.07. The molecule has 1 atom stereocenters. The van der Waals surface area contributed by atoms with Gasteiger partial charge >= 0.3 is 22.2 Å². The summed E-state index contributed by atoms with van der Waals surface area (Å²) >= 11 is 0. The SMILES string of the molecule is CC(=O)OC(Cc1ccc(OS(C)(=O)=O)cc1)NC(=O)OC(C)(C)C. The highest BCUT2D eigenvalue weighted by Crippen LogP contribution is 2.16. The predicted octanol–water partition coefficient (Wildman–Crippen LogP) is 1.98. The van der Waals surface area contributed by atoms with Crippen molar-refractivity contribution in [3.8, 4) is 5.75 Å². The molecule has 0 aliphatic heterocycles. The van der Waals surface area contributed by atoms with Crippen molar-refractivity contribution in [1.29, 1.82) is 0 Å². The van der Waals surface area contributed by atoms with Crippen molar-refractivity contribution in [2.24, 2.45) is 0 Å². The standard InChI is InChI=1S/C16H23NO7S/c1-11(18)22-14(17-15(19)23-16(2,3)4)10-12-6-8-13(9-7-12)24-25(5,20)21/h6-9,14H,10H2,1-5H3,(H,17,19). The van der Waals surface area contributed by atoms with Gasteiger partial charge in [0, 0.05) is 13.3 Å². The molecular formula is C16H23NO7S. The first kappa shape index (κ1) is 20.8. The summed E-state index contributed by atoms with van der Waals surface area (Å²) < 4.78 is 37.1. The first-order valence-electron chi connectivity index (χ1n) is 7.49. The number of benzene rings is 1. The average Bonchev–Trinajstić information content (AvgIpc) is 2.36. The summed E-state index contributed by atoms with van der Waals surface area (Å²) in [5.74, 6) is -0.395. The van der Waals surface area contributed by atoms with Gasteiger partial charge < -0.3 is 13.7 Å². The van der Waals surface area contributed by atoms with Crippen LogP contribution in [0.5, 0.6) is 5.75 Å². The Hall–Kier alpha value is -2.29. The molecule has 140 valence electrons. The highest BCUT2D eigenvalue weighted by molar-refractivity contribution is 7.86. The summed E-state index contributed by atoms with van der Waals surface area (Å²) in [7, 11) is -3.61. The van der Waals surface area contributed by atoms with Gasteiger partial charge in [0.25, 0.3) is 0 Å². The molecular weight excluding hydrogens is 350 g/mol. The molecule has 9 heteroatoms. The van der Waals surface area contributed by atoms with Crippen molar-refractivity contribution < 1.29 is 31.7 Å². The first-order chi connectivity index (χ1) is 11.3. The van der Waals surface area contributed by atoms with Gasteiger partial charge in [-0.05, 0) is 38.5 Å². The Morgan fingerprint density at radius 2 is 1.72 bits per heavy atom. The van der Waals surface area contributed by atoms with Crippen LogP contribution < -0.4 is 9.50 Å². The molecule has 1 aromatic rings. The number of nitrogens with one attached hydrogen (secondary N) is 1. The third kappa shape index (κ3) is 9.55. The van der Waals surface area contributed by atoms with E-state index in [2.05, 4.69) is 5.32 Å². The van der Waals surface area contributed by atoms with Gasteiger partial charge in [0.1, 0.15) is 11.4 Å². The smallest absolute Gasteiger partial charge is 0.410 e. The van der Waals surface area contributed by atoms with Crippen LogP contribution in [0.25, 0.3) is 0 Å². The Bertz CT molecular complexity index is 705. The molecule has 0 radical (unpaired) electrons. The number of carbonyl (C=O) groups excluding carboxylic acids is 2. The van der Waals surface area contributed by atoms with Crippen LogP contribution in [-0.4, -0.2) is 38.6 Å². The second-order valence-corrected chi connectivity index (χ2v) is 7.95. The maximum atomic E-state index is 11.8. The molecule has 1 rings (SSSR count). The molecule has 0 aliphatic carbocycles. The fraction of sp³-hybridized carbons (Fsp3) is 0.500. The van der Waals surface area contributed by atoms with E-state index in [4.69, 9.17) is 13.7 Å². The van der Waals surface area contributed by atoms with Crippen LogP contribution >= 0.6 is 0 Å². The van der Waals surface area contributed by atoms with Crippen LogP contribution in [0.15, 0.2) is 24.3 Å². The predicted molar refractivity (Wildman–Crippen MR) is 90.5 cm³/mol. The van der Waals surface area contributed by atoms with E-state index in [0.29, 0.717) is 5.56 Å². The van der Waals surface area contributed by atoms with Crippen LogP contribution in [0, 0.1) is 0 Å². The lowest BCUT2D eigenvalue weighted by Gasteiger charge is -2.23. The van der Waals surface area contributed by atoms with Gasteiger partial charge in [-0.15, -0.1) is 0 Å². The zero-order chi connectivity index (χ0) is 19.3. The Morgan fingerprint density at radius 1 is 1.16 bits per heavy atom. The van der Waals surface area contributed by atoms with Crippen molar-refractivity contribution in [2.75, 3.05) is 6.26 Å². The van der Waals surface area contributed by atoms with E-state index in [1.165, 1.54) is 19.1 Å². The topological polar surface area (TPSA) is 108 Å². The summed E-state index contributed by atoms with van der Waals surface area (Å²) in [6, 6.07) is 6.14. The van der Waals surface area contributed by atoms with E-state index >= 15 is 0 Å². The molecule has 0 aromatic heterocycles. The van der Waals surface area contributed by atoms with Gasteiger partial charge in [-0.25, -0.2) is 4.79 Å². The maximum absolute atomic E-state index is 11.8. The fourth-order valence-electron chi connectivity index (χ4n) is 1.83. The largest absolute Gasteiger partial charge is 0.444 e. The van der Waals surface area contributed by atoms with Crippen LogP contribution in [-0.2, 0) is 30.8 Å². The van der Waals surface area contributed by atoms with Crippen LogP contribution in [0.2, 0.25) is 0 Å². The number of carbonyl (C=O) groups is 2. The minimum absolute atomic E-state index is 0.162. The molecule has 0 saturated carbocycles. The summed E-state index contributed by atoms with van der Waals surface area (Å²) in [5.41, 5.74) is 0.0123. The lowest BCUT2D eigenvalue weighted by molar-refractivity contribution is -0.147. The molecule has 8 nitrogen and oxygen atoms in total. The number of hydrogen-bond acceptors (Lipinski definition) is 7. The van der Waals surface area contributed by atoms with Crippen molar-refractivity contribution in [2.45, 2.75) is 45.9 Å². The lowest BCUT2D eigenvalue weighted by Crippen LogP contribution is -2.42. The zero-order valence-electron chi connectivity index (χ0n) is 14.9. The Balaban J connectivity index is 2.77. The highest BCUT2D eigenvalue weighted by Gasteiger charge is 2.21. The first-order valence-corrected chi connectivity index (χ1v) is 9.31. The molecule has 1 amide bonds. The van der Waals surface area contributed by atoms with E-state index in [9.17, 15) is 18.0 Å². The third-order valence-electron chi connectivity index (χ3n) is 2.58. The summed E-state index contributed by atoms with van der Waals surface area (Å²) in [4.78, 5) is 23.1. The van der Waals surface area contributed by atoms with Crippen molar-refractivity contribution in [3.05, 3.63) is 29.8 Å². The Kier molecular flexibility index (Phi) is 6.80. The van der Waals surface area contributed by atoms with Gasteiger partial charge in [0.2, 0.25) is 0 Å². The minimum atomic E-state index is -3.61. The summed E-state index contributed by atoms with van der Waals surface area (Å²) in [5, 5.41) is 2.47. The lowest BCUT2D eigenvalue weighted by atomic mass is 10.1. The molecule has 0 fully saturated rings. The average molecular weight is 373 g/mol. The van der Waals surface area contributed by atoms with Gasteiger partial charge in [-0.1, -0.05) is 12.1 Å². The van der Waals surface area contributed by atoms with Crippen LogP contribution in [0.1, 0.15) is 33.3 Å². The zero-order valence-corrected chi connectivity index (χ0v) is 15.7. The summed E-state index contributed by atoms with van der Waals surface area (Å²) in [6.45, 7) is 6.38. The second-order valence-electron chi connectivity index (χ2n) is 6.38. The van der Waals surface area contributed by atoms with Crippen LogP contribution in [0.4, 0.5) is 4.79 Å². The summed E-state index contributed by atoms with van der Waals surface area (Å²) in [6.07, 6.45) is -0.509. The van der Waals surface area contributed by atoms with E-state index in [1.807, 2.05) is 0 Å². The molecule has 0 aliphatic rings. The number of ether oxygens (including phenoxy) is 2. The van der Waals surface area contributed by atoms with Gasteiger partial charge in [0.15, 0.2) is 6.23 Å². The fourth-order valence-corrected chi connectivity index (χ4v) is 2.29. The van der Waals surface area contributed by atoms with E-state index < -0.39 is 34.0 Å². The highest BCUT2D eigenvalue weighted by atomic mass is 32.2. The minimum Gasteiger partial charge on any atom is -0.444 e.